The number of aryl methyl sites for hydroxylation is 2. The molecule has 0 aliphatic rings. The molecule has 2 aromatic heterocycles. The van der Waals surface area contributed by atoms with E-state index in [1.54, 1.807) is 0 Å². The summed E-state index contributed by atoms with van der Waals surface area (Å²) in [7, 11) is 1.96. The second-order valence-corrected chi connectivity index (χ2v) is 3.52. The standard InChI is InChI=1S/C10H11ClN2/c1-3-7-4-5-12-10-9(7)8(11)6-13(10)2/h4-6H,3H2,1-2H3. The van der Waals surface area contributed by atoms with Crippen LogP contribution in [0.3, 0.4) is 0 Å². The molecule has 0 aromatic carbocycles. The third-order valence-electron chi connectivity index (χ3n) is 2.28. The van der Waals surface area contributed by atoms with Gasteiger partial charge in [0, 0.05) is 24.8 Å². The summed E-state index contributed by atoms with van der Waals surface area (Å²) in [5.41, 5.74) is 2.22. The monoisotopic (exact) mass is 194 g/mol. The summed E-state index contributed by atoms with van der Waals surface area (Å²) in [4.78, 5) is 4.29. The van der Waals surface area contributed by atoms with Crippen LogP contribution in [0.15, 0.2) is 18.5 Å². The van der Waals surface area contributed by atoms with Crippen molar-refractivity contribution in [2.45, 2.75) is 13.3 Å². The fourth-order valence-electron chi connectivity index (χ4n) is 1.61. The third-order valence-corrected chi connectivity index (χ3v) is 2.56. The lowest BCUT2D eigenvalue weighted by molar-refractivity contribution is 0.947. The molecular formula is C10H11ClN2. The number of pyridine rings is 1. The first kappa shape index (κ1) is 8.57. The topological polar surface area (TPSA) is 17.8 Å². The molecular weight excluding hydrogens is 184 g/mol. The molecule has 0 bridgehead atoms. The normalized spacial score (nSPS) is 11.0. The Balaban J connectivity index is 2.88. The summed E-state index contributed by atoms with van der Waals surface area (Å²) >= 11 is 6.10. The first-order chi connectivity index (χ1) is 6.24. The highest BCUT2D eigenvalue weighted by molar-refractivity contribution is 6.35. The van der Waals surface area contributed by atoms with Gasteiger partial charge >= 0.3 is 0 Å². The molecule has 0 aliphatic heterocycles. The molecule has 0 N–H and O–H groups in total. The zero-order valence-electron chi connectivity index (χ0n) is 7.71. The maximum absolute atomic E-state index is 6.10. The van der Waals surface area contributed by atoms with Gasteiger partial charge in [-0.2, -0.15) is 0 Å². The molecule has 0 atom stereocenters. The van der Waals surface area contributed by atoms with Crippen LogP contribution in [0.2, 0.25) is 5.02 Å². The van der Waals surface area contributed by atoms with Crippen molar-refractivity contribution in [3.8, 4) is 0 Å². The summed E-state index contributed by atoms with van der Waals surface area (Å²) in [6, 6.07) is 2.02. The third kappa shape index (κ3) is 1.22. The lowest BCUT2D eigenvalue weighted by Crippen LogP contribution is -1.89. The van der Waals surface area contributed by atoms with Crippen LogP contribution in [-0.4, -0.2) is 9.55 Å². The van der Waals surface area contributed by atoms with Crippen LogP contribution < -0.4 is 0 Å². The minimum atomic E-state index is 0.794. The van der Waals surface area contributed by atoms with Gasteiger partial charge in [-0.05, 0) is 18.1 Å². The van der Waals surface area contributed by atoms with Gasteiger partial charge in [-0.3, -0.25) is 0 Å². The van der Waals surface area contributed by atoms with Crippen molar-refractivity contribution in [1.82, 2.24) is 9.55 Å². The van der Waals surface area contributed by atoms with Crippen molar-refractivity contribution in [1.29, 1.82) is 0 Å². The van der Waals surface area contributed by atoms with Crippen molar-refractivity contribution < 1.29 is 0 Å². The van der Waals surface area contributed by atoms with Crippen LogP contribution in [0.1, 0.15) is 12.5 Å². The Morgan fingerprint density at radius 2 is 2.31 bits per heavy atom. The molecule has 2 nitrogen and oxygen atoms in total. The van der Waals surface area contributed by atoms with Gasteiger partial charge in [0.25, 0.3) is 0 Å². The van der Waals surface area contributed by atoms with E-state index in [-0.39, 0.29) is 0 Å². The molecule has 0 saturated heterocycles. The van der Waals surface area contributed by atoms with Crippen LogP contribution >= 0.6 is 11.6 Å². The molecule has 0 aliphatic carbocycles. The highest BCUT2D eigenvalue weighted by Gasteiger charge is 2.08. The van der Waals surface area contributed by atoms with E-state index in [0.29, 0.717) is 0 Å². The highest BCUT2D eigenvalue weighted by Crippen LogP contribution is 2.26. The summed E-state index contributed by atoms with van der Waals surface area (Å²) in [5.74, 6) is 0. The number of halogens is 1. The molecule has 2 aromatic rings. The van der Waals surface area contributed by atoms with Gasteiger partial charge in [0.1, 0.15) is 5.65 Å². The smallest absolute Gasteiger partial charge is 0.141 e. The average molecular weight is 195 g/mol. The molecule has 13 heavy (non-hydrogen) atoms. The fraction of sp³-hybridized carbons (Fsp3) is 0.300. The lowest BCUT2D eigenvalue weighted by Gasteiger charge is -1.99. The fourth-order valence-corrected chi connectivity index (χ4v) is 1.96. The lowest BCUT2D eigenvalue weighted by atomic mass is 10.1. The van der Waals surface area contributed by atoms with E-state index in [4.69, 9.17) is 11.6 Å². The second kappa shape index (κ2) is 3.04. The zero-order valence-corrected chi connectivity index (χ0v) is 8.47. The van der Waals surface area contributed by atoms with E-state index in [1.807, 2.05) is 30.1 Å². The van der Waals surface area contributed by atoms with Gasteiger partial charge in [0.05, 0.1) is 5.02 Å². The van der Waals surface area contributed by atoms with Crippen LogP contribution in [-0.2, 0) is 13.5 Å². The Morgan fingerprint density at radius 1 is 1.54 bits per heavy atom. The molecule has 0 saturated carbocycles. The van der Waals surface area contributed by atoms with E-state index in [2.05, 4.69) is 11.9 Å². The molecule has 0 unspecified atom stereocenters. The number of fused-ring (bicyclic) bond motifs is 1. The van der Waals surface area contributed by atoms with Crippen molar-refractivity contribution in [3.63, 3.8) is 0 Å². The van der Waals surface area contributed by atoms with Crippen LogP contribution in [0.25, 0.3) is 11.0 Å². The van der Waals surface area contributed by atoms with Crippen molar-refractivity contribution >= 4 is 22.6 Å². The second-order valence-electron chi connectivity index (χ2n) is 3.11. The van der Waals surface area contributed by atoms with Crippen LogP contribution in [0, 0.1) is 0 Å². The molecule has 0 radical (unpaired) electrons. The first-order valence-corrected chi connectivity index (χ1v) is 4.70. The SMILES string of the molecule is CCc1ccnc2c1c(Cl)cn2C. The Labute approximate surface area is 82.1 Å². The number of hydrogen-bond donors (Lipinski definition) is 0. The van der Waals surface area contributed by atoms with Gasteiger partial charge in [0.15, 0.2) is 0 Å². The Hall–Kier alpha value is -1.02. The van der Waals surface area contributed by atoms with Crippen molar-refractivity contribution in [2.75, 3.05) is 0 Å². The molecule has 2 heterocycles. The average Bonchev–Trinajstić information content (AvgIpc) is 2.43. The highest BCUT2D eigenvalue weighted by atomic mass is 35.5. The largest absolute Gasteiger partial charge is 0.334 e. The Morgan fingerprint density at radius 3 is 3.00 bits per heavy atom. The zero-order chi connectivity index (χ0) is 9.42. The number of hydrogen-bond acceptors (Lipinski definition) is 1. The van der Waals surface area contributed by atoms with Crippen LogP contribution in [0.4, 0.5) is 0 Å². The Bertz CT molecular complexity index is 445. The van der Waals surface area contributed by atoms with E-state index in [1.165, 1.54) is 5.56 Å². The summed E-state index contributed by atoms with van der Waals surface area (Å²) in [6.45, 7) is 2.12. The van der Waals surface area contributed by atoms with E-state index in [0.717, 1.165) is 22.5 Å². The molecule has 0 amide bonds. The number of rotatable bonds is 1. The summed E-state index contributed by atoms with van der Waals surface area (Å²) in [6.07, 6.45) is 4.72. The number of aromatic nitrogens is 2. The van der Waals surface area contributed by atoms with Crippen LogP contribution in [0.5, 0.6) is 0 Å². The first-order valence-electron chi connectivity index (χ1n) is 4.32. The van der Waals surface area contributed by atoms with Gasteiger partial charge in [-0.1, -0.05) is 18.5 Å². The quantitative estimate of drug-likeness (QED) is 0.683. The van der Waals surface area contributed by atoms with Crippen molar-refractivity contribution in [3.05, 3.63) is 29.0 Å². The number of nitrogens with zero attached hydrogens (tertiary/aromatic N) is 2. The van der Waals surface area contributed by atoms with Gasteiger partial charge in [-0.15, -0.1) is 0 Å². The molecule has 3 heteroatoms. The molecule has 2 rings (SSSR count). The molecule has 0 fully saturated rings. The predicted octanol–water partition coefficient (Wildman–Crippen LogP) is 2.79. The van der Waals surface area contributed by atoms with E-state index >= 15 is 0 Å². The van der Waals surface area contributed by atoms with Crippen molar-refractivity contribution in [2.24, 2.45) is 7.05 Å². The minimum Gasteiger partial charge on any atom is -0.334 e. The minimum absolute atomic E-state index is 0.794. The predicted molar refractivity (Wildman–Crippen MR) is 55.1 cm³/mol. The Kier molecular flexibility index (Phi) is 2.00. The van der Waals surface area contributed by atoms with E-state index < -0.39 is 0 Å². The summed E-state index contributed by atoms with van der Waals surface area (Å²) in [5, 5.41) is 1.89. The van der Waals surface area contributed by atoms with Gasteiger partial charge < -0.3 is 4.57 Å². The molecule has 0 spiro atoms. The maximum atomic E-state index is 6.10. The maximum Gasteiger partial charge on any atom is 0.141 e. The van der Waals surface area contributed by atoms with E-state index in [9.17, 15) is 0 Å². The molecule has 68 valence electrons. The van der Waals surface area contributed by atoms with Gasteiger partial charge in [-0.25, -0.2) is 4.98 Å². The summed E-state index contributed by atoms with van der Waals surface area (Å²) < 4.78 is 1.96. The van der Waals surface area contributed by atoms with Gasteiger partial charge in [0.2, 0.25) is 0 Å².